The minimum Gasteiger partial charge on any atom is -0.494 e. The van der Waals surface area contributed by atoms with Gasteiger partial charge in [-0.05, 0) is 31.0 Å². The Hall–Kier alpha value is -3.10. The molecule has 0 aliphatic carbocycles. The Kier molecular flexibility index (Phi) is 5.95. The highest BCUT2D eigenvalue weighted by Crippen LogP contribution is 2.39. The van der Waals surface area contributed by atoms with Gasteiger partial charge in [0.05, 0.1) is 35.3 Å². The number of aliphatic hydroxyl groups is 1. The fraction of sp³-hybridized carbons (Fsp3) is 0.400. The summed E-state index contributed by atoms with van der Waals surface area (Å²) in [5.41, 5.74) is 4.50. The van der Waals surface area contributed by atoms with Gasteiger partial charge >= 0.3 is 0 Å². The van der Waals surface area contributed by atoms with Gasteiger partial charge < -0.3 is 25.4 Å². The predicted octanol–water partition coefficient (Wildman–Crippen LogP) is 4.61. The van der Waals surface area contributed by atoms with Crippen molar-refractivity contribution < 1.29 is 9.84 Å². The van der Waals surface area contributed by atoms with Gasteiger partial charge in [0.25, 0.3) is 0 Å². The zero-order valence-corrected chi connectivity index (χ0v) is 20.4. The second-order valence-electron chi connectivity index (χ2n) is 9.47. The molecular formula is C25H29ClN6O2. The molecule has 3 N–H and O–H groups in total. The Morgan fingerprint density at radius 2 is 2.00 bits per heavy atom. The van der Waals surface area contributed by atoms with Crippen molar-refractivity contribution in [1.82, 2.24) is 15.0 Å². The molecule has 178 valence electrons. The summed E-state index contributed by atoms with van der Waals surface area (Å²) in [5.74, 6) is 2.02. The molecule has 0 saturated carbocycles. The summed E-state index contributed by atoms with van der Waals surface area (Å²) in [6.07, 6.45) is 4.77. The fourth-order valence-corrected chi connectivity index (χ4v) is 4.80. The molecule has 0 atom stereocenters. The average Bonchev–Trinajstić information content (AvgIpc) is 3.14. The van der Waals surface area contributed by atoms with E-state index in [1.807, 2.05) is 24.4 Å². The summed E-state index contributed by atoms with van der Waals surface area (Å²) in [7, 11) is 1.63. The van der Waals surface area contributed by atoms with E-state index in [4.69, 9.17) is 21.3 Å². The summed E-state index contributed by atoms with van der Waals surface area (Å²) in [6, 6.07) is 7.78. The highest BCUT2D eigenvalue weighted by atomic mass is 35.5. The molecule has 0 amide bonds. The van der Waals surface area contributed by atoms with E-state index < -0.39 is 0 Å². The van der Waals surface area contributed by atoms with Gasteiger partial charge in [0.1, 0.15) is 11.6 Å². The molecule has 2 aliphatic rings. The van der Waals surface area contributed by atoms with E-state index in [0.29, 0.717) is 22.4 Å². The highest BCUT2D eigenvalue weighted by molar-refractivity contribution is 6.33. The summed E-state index contributed by atoms with van der Waals surface area (Å²) >= 11 is 6.65. The lowest BCUT2D eigenvalue weighted by Gasteiger charge is -2.32. The molecule has 0 unspecified atom stereocenters. The van der Waals surface area contributed by atoms with E-state index in [-0.39, 0.29) is 11.5 Å². The number of methoxy groups -OCH3 is 1. The molecule has 5 rings (SSSR count). The quantitative estimate of drug-likeness (QED) is 0.487. The molecule has 1 saturated heterocycles. The van der Waals surface area contributed by atoms with Crippen LogP contribution in [0.4, 0.5) is 23.1 Å². The minimum absolute atomic E-state index is 0.0186. The zero-order valence-electron chi connectivity index (χ0n) is 19.6. The third-order valence-corrected chi connectivity index (χ3v) is 6.89. The smallest absolute Gasteiger partial charge is 0.227 e. The van der Waals surface area contributed by atoms with Gasteiger partial charge in [0.15, 0.2) is 0 Å². The number of aromatic nitrogens is 3. The summed E-state index contributed by atoms with van der Waals surface area (Å²) < 4.78 is 5.64. The standard InChI is InChI=1S/C25H29ClN6O2/c1-25(2)14-29-23-17(25)10-15(13-28-23)19-4-7-27-24(30-19)31-20-11-18(26)21(12-22(20)34-3)32-8-5-16(33)6-9-32/h4,7,10-13,16,33H,5-6,8-9,14H2,1-3H3,(H,28,29)(H,27,30,31). The number of benzene rings is 1. The first-order valence-electron chi connectivity index (χ1n) is 11.5. The first kappa shape index (κ1) is 22.7. The monoisotopic (exact) mass is 480 g/mol. The lowest BCUT2D eigenvalue weighted by atomic mass is 9.87. The maximum atomic E-state index is 9.81. The number of rotatable bonds is 5. The van der Waals surface area contributed by atoms with Gasteiger partial charge in [0.2, 0.25) is 5.95 Å². The predicted molar refractivity (Wildman–Crippen MR) is 136 cm³/mol. The summed E-state index contributed by atoms with van der Waals surface area (Å²) in [6.45, 7) is 6.78. The number of hydrogen-bond donors (Lipinski definition) is 3. The molecule has 4 heterocycles. The van der Waals surface area contributed by atoms with Crippen LogP contribution in [0, 0.1) is 0 Å². The number of ether oxygens (including phenoxy) is 1. The van der Waals surface area contributed by atoms with Crippen molar-refractivity contribution in [3.63, 3.8) is 0 Å². The third kappa shape index (κ3) is 4.35. The van der Waals surface area contributed by atoms with E-state index in [1.165, 1.54) is 5.56 Å². The first-order valence-corrected chi connectivity index (χ1v) is 11.9. The molecule has 34 heavy (non-hydrogen) atoms. The van der Waals surface area contributed by atoms with Crippen LogP contribution in [0.25, 0.3) is 11.3 Å². The zero-order chi connectivity index (χ0) is 23.9. The molecular weight excluding hydrogens is 452 g/mol. The number of piperidine rings is 1. The summed E-state index contributed by atoms with van der Waals surface area (Å²) in [4.78, 5) is 15.9. The molecule has 8 nitrogen and oxygen atoms in total. The van der Waals surface area contributed by atoms with Crippen molar-refractivity contribution in [1.29, 1.82) is 0 Å². The van der Waals surface area contributed by atoms with Crippen molar-refractivity contribution in [3.05, 3.63) is 47.2 Å². The number of nitrogens with one attached hydrogen (secondary N) is 2. The molecule has 1 aromatic carbocycles. The lowest BCUT2D eigenvalue weighted by molar-refractivity contribution is 0.145. The van der Waals surface area contributed by atoms with Crippen molar-refractivity contribution in [2.24, 2.45) is 0 Å². The number of halogens is 1. The molecule has 1 fully saturated rings. The van der Waals surface area contributed by atoms with Crippen LogP contribution in [0.5, 0.6) is 5.75 Å². The van der Waals surface area contributed by atoms with E-state index in [0.717, 1.165) is 55.2 Å². The Morgan fingerprint density at radius 1 is 1.21 bits per heavy atom. The van der Waals surface area contributed by atoms with Crippen molar-refractivity contribution in [2.45, 2.75) is 38.2 Å². The Bertz CT molecular complexity index is 1210. The van der Waals surface area contributed by atoms with E-state index >= 15 is 0 Å². The van der Waals surface area contributed by atoms with Crippen molar-refractivity contribution >= 4 is 34.7 Å². The maximum Gasteiger partial charge on any atom is 0.227 e. The number of hydrogen-bond acceptors (Lipinski definition) is 8. The van der Waals surface area contributed by atoms with E-state index in [2.05, 4.69) is 45.4 Å². The minimum atomic E-state index is -0.245. The van der Waals surface area contributed by atoms with Gasteiger partial charge in [-0.2, -0.15) is 0 Å². The van der Waals surface area contributed by atoms with Gasteiger partial charge in [-0.25, -0.2) is 15.0 Å². The third-order valence-electron chi connectivity index (χ3n) is 6.59. The normalized spacial score (nSPS) is 17.3. The number of anilines is 4. The van der Waals surface area contributed by atoms with E-state index in [9.17, 15) is 5.11 Å². The topological polar surface area (TPSA) is 95.4 Å². The Morgan fingerprint density at radius 3 is 2.76 bits per heavy atom. The Labute approximate surface area is 204 Å². The van der Waals surface area contributed by atoms with Crippen molar-refractivity contribution in [2.75, 3.05) is 42.3 Å². The SMILES string of the molecule is COc1cc(N2CCC(O)CC2)c(Cl)cc1Nc1nccc(-c2cnc3c(c2)C(C)(C)CN3)n1. The molecule has 0 spiro atoms. The van der Waals surface area contributed by atoms with Crippen molar-refractivity contribution in [3.8, 4) is 17.0 Å². The number of nitrogens with zero attached hydrogens (tertiary/aromatic N) is 4. The fourth-order valence-electron chi connectivity index (χ4n) is 4.52. The molecule has 0 radical (unpaired) electrons. The van der Waals surface area contributed by atoms with Crippen LogP contribution < -0.4 is 20.3 Å². The number of aliphatic hydroxyl groups excluding tert-OH is 1. The van der Waals surface area contributed by atoms with Crippen LogP contribution in [0.1, 0.15) is 32.3 Å². The van der Waals surface area contributed by atoms with Gasteiger partial charge in [-0.3, -0.25) is 0 Å². The molecule has 3 aromatic rings. The van der Waals surface area contributed by atoms with Crippen LogP contribution in [-0.2, 0) is 5.41 Å². The largest absolute Gasteiger partial charge is 0.494 e. The molecule has 2 aliphatic heterocycles. The van der Waals surface area contributed by atoms with Gasteiger partial charge in [-0.15, -0.1) is 0 Å². The van der Waals surface area contributed by atoms with Crippen LogP contribution in [0.2, 0.25) is 5.02 Å². The highest BCUT2D eigenvalue weighted by Gasteiger charge is 2.31. The van der Waals surface area contributed by atoms with Crippen LogP contribution in [0.15, 0.2) is 36.7 Å². The Balaban J connectivity index is 1.41. The van der Waals surface area contributed by atoms with Crippen LogP contribution >= 0.6 is 11.6 Å². The second kappa shape index (κ2) is 8.92. The summed E-state index contributed by atoms with van der Waals surface area (Å²) in [5, 5.41) is 17.0. The molecule has 2 aromatic heterocycles. The van der Waals surface area contributed by atoms with Gasteiger partial charge in [-0.1, -0.05) is 25.4 Å². The average molecular weight is 481 g/mol. The molecule has 9 heteroatoms. The van der Waals surface area contributed by atoms with E-state index in [1.54, 1.807) is 13.3 Å². The molecule has 0 bridgehead atoms. The van der Waals surface area contributed by atoms with Crippen LogP contribution in [-0.4, -0.2) is 52.9 Å². The first-order chi connectivity index (χ1) is 16.3. The lowest BCUT2D eigenvalue weighted by Crippen LogP contribution is -2.35. The number of fused-ring (bicyclic) bond motifs is 1. The van der Waals surface area contributed by atoms with Gasteiger partial charge in [0, 0.05) is 54.6 Å². The van der Waals surface area contributed by atoms with Crippen LogP contribution in [0.3, 0.4) is 0 Å². The maximum absolute atomic E-state index is 9.81. The second-order valence-corrected chi connectivity index (χ2v) is 9.88. The number of pyridine rings is 1.